The molecule has 0 saturated heterocycles. The van der Waals surface area contributed by atoms with Gasteiger partial charge in [0.2, 0.25) is 0 Å². The molecule has 0 amide bonds. The number of imidazole rings is 1. The third-order valence-electron chi connectivity index (χ3n) is 2.40. The number of nitrogens with zero attached hydrogens (tertiary/aromatic N) is 2. The molecule has 2 rings (SSSR count). The van der Waals surface area contributed by atoms with Crippen LogP contribution in [0.25, 0.3) is 4.96 Å². The summed E-state index contributed by atoms with van der Waals surface area (Å²) >= 11 is 3.05. The van der Waals surface area contributed by atoms with E-state index in [4.69, 9.17) is 5.73 Å². The molecular weight excluding hydrogens is 290 g/mol. The Morgan fingerprint density at radius 3 is 3.00 bits per heavy atom. The predicted octanol–water partition coefficient (Wildman–Crippen LogP) is 1.03. The molecule has 0 radical (unpaired) electrons. The van der Waals surface area contributed by atoms with Crippen molar-refractivity contribution in [3.63, 3.8) is 0 Å². The Morgan fingerprint density at radius 2 is 2.33 bits per heavy atom. The van der Waals surface area contributed by atoms with E-state index in [1.165, 1.54) is 18.0 Å². The predicted molar refractivity (Wildman–Crippen MR) is 76.3 cm³/mol. The van der Waals surface area contributed by atoms with Crippen molar-refractivity contribution >= 4 is 37.9 Å². The van der Waals surface area contributed by atoms with Gasteiger partial charge in [-0.05, 0) is 6.54 Å². The Labute approximate surface area is 114 Å². The van der Waals surface area contributed by atoms with E-state index in [1.54, 1.807) is 11.3 Å². The minimum atomic E-state index is -2.91. The molecule has 2 heterocycles. The molecule has 5 nitrogen and oxygen atoms in total. The van der Waals surface area contributed by atoms with Gasteiger partial charge >= 0.3 is 0 Å². The lowest BCUT2D eigenvalue weighted by molar-refractivity contribution is 0.603. The van der Waals surface area contributed by atoms with Gasteiger partial charge in [0.15, 0.2) is 4.96 Å². The molecule has 0 unspecified atom stereocenters. The minimum absolute atomic E-state index is 0.172. The second-order valence-corrected chi connectivity index (χ2v) is 8.15. The molecule has 0 aliphatic rings. The van der Waals surface area contributed by atoms with E-state index in [-0.39, 0.29) is 5.75 Å². The molecule has 2 N–H and O–H groups in total. The number of thiazole rings is 1. The molecule has 8 heteroatoms. The molecule has 0 saturated carbocycles. The molecule has 0 atom stereocenters. The van der Waals surface area contributed by atoms with Crippen LogP contribution in [0, 0.1) is 0 Å². The molecule has 18 heavy (non-hydrogen) atoms. The maximum absolute atomic E-state index is 11.1. The molecular formula is C10H15N3O2S3. The zero-order valence-corrected chi connectivity index (χ0v) is 12.4. The Balaban J connectivity index is 2.16. The molecule has 100 valence electrons. The summed E-state index contributed by atoms with van der Waals surface area (Å²) in [5, 5.41) is 2.88. The van der Waals surface area contributed by atoms with Crippen LogP contribution >= 0.6 is 23.1 Å². The number of hydrogen-bond acceptors (Lipinski definition) is 6. The number of fused-ring (bicyclic) bond motifs is 1. The average molecular weight is 305 g/mol. The fourth-order valence-corrected chi connectivity index (χ4v) is 4.63. The summed E-state index contributed by atoms with van der Waals surface area (Å²) in [7, 11) is -2.91. The number of rotatable bonds is 6. The smallest absolute Gasteiger partial charge is 0.194 e. The topological polar surface area (TPSA) is 77.5 Å². The lowest BCUT2D eigenvalue weighted by Gasteiger charge is -2.02. The number of hydrogen-bond donors (Lipinski definition) is 1. The van der Waals surface area contributed by atoms with E-state index in [2.05, 4.69) is 4.98 Å². The quantitative estimate of drug-likeness (QED) is 0.807. The molecule has 0 fully saturated rings. The van der Waals surface area contributed by atoms with E-state index in [1.807, 2.05) is 16.0 Å². The van der Waals surface area contributed by atoms with Crippen LogP contribution in [-0.4, -0.2) is 42.1 Å². The Morgan fingerprint density at radius 1 is 1.56 bits per heavy atom. The van der Waals surface area contributed by atoms with Crippen molar-refractivity contribution in [2.45, 2.75) is 11.4 Å². The van der Waals surface area contributed by atoms with Crippen LogP contribution in [0.1, 0.15) is 5.69 Å². The van der Waals surface area contributed by atoms with Crippen LogP contribution in [-0.2, 0) is 16.3 Å². The van der Waals surface area contributed by atoms with Crippen molar-refractivity contribution in [1.82, 2.24) is 9.38 Å². The van der Waals surface area contributed by atoms with Crippen molar-refractivity contribution in [3.8, 4) is 0 Å². The first-order valence-corrected chi connectivity index (χ1v) is 9.39. The Kier molecular flexibility index (Phi) is 4.31. The van der Waals surface area contributed by atoms with Crippen molar-refractivity contribution in [2.24, 2.45) is 5.73 Å². The summed E-state index contributed by atoms with van der Waals surface area (Å²) in [4.78, 5) is 5.44. The lowest BCUT2D eigenvalue weighted by atomic mass is 10.3. The van der Waals surface area contributed by atoms with Gasteiger partial charge in [0, 0.05) is 30.0 Å². The maximum atomic E-state index is 11.1. The van der Waals surface area contributed by atoms with Crippen molar-refractivity contribution in [1.29, 1.82) is 0 Å². The molecule has 0 aromatic carbocycles. The third-order valence-corrected chi connectivity index (χ3v) is 5.37. The van der Waals surface area contributed by atoms with Gasteiger partial charge in [0.05, 0.1) is 11.4 Å². The van der Waals surface area contributed by atoms with Gasteiger partial charge in [-0.2, -0.15) is 0 Å². The van der Waals surface area contributed by atoms with Gasteiger partial charge in [0.25, 0.3) is 0 Å². The van der Waals surface area contributed by atoms with Crippen LogP contribution in [0.5, 0.6) is 0 Å². The summed E-state index contributed by atoms with van der Waals surface area (Å²) in [6.45, 7) is 0.559. The van der Waals surface area contributed by atoms with Crippen molar-refractivity contribution < 1.29 is 8.42 Å². The van der Waals surface area contributed by atoms with Crippen LogP contribution < -0.4 is 5.73 Å². The van der Waals surface area contributed by atoms with E-state index in [0.29, 0.717) is 12.3 Å². The number of thioether (sulfide) groups is 1. The van der Waals surface area contributed by atoms with Crippen molar-refractivity contribution in [3.05, 3.63) is 17.3 Å². The van der Waals surface area contributed by atoms with E-state index in [9.17, 15) is 8.42 Å². The first kappa shape index (κ1) is 13.9. The summed E-state index contributed by atoms with van der Waals surface area (Å²) in [5.74, 6) is 0.701. The van der Waals surface area contributed by atoms with Gasteiger partial charge in [-0.15, -0.1) is 23.1 Å². The van der Waals surface area contributed by atoms with E-state index in [0.717, 1.165) is 22.1 Å². The van der Waals surface area contributed by atoms with Gasteiger partial charge in [0.1, 0.15) is 14.9 Å². The summed E-state index contributed by atoms with van der Waals surface area (Å²) in [6, 6.07) is 0. The van der Waals surface area contributed by atoms with Gasteiger partial charge in [-0.3, -0.25) is 4.40 Å². The van der Waals surface area contributed by atoms with Crippen LogP contribution in [0.4, 0.5) is 0 Å². The fourth-order valence-electron chi connectivity index (χ4n) is 1.58. The number of nitrogens with two attached hydrogens (primary N) is 1. The SMILES string of the molecule is CS(=O)(=O)CCSc1nc2sccn2c1CCN. The Hall–Kier alpha value is -0.570. The normalized spacial score (nSPS) is 12.3. The fraction of sp³-hybridized carbons (Fsp3) is 0.500. The van der Waals surface area contributed by atoms with Gasteiger partial charge < -0.3 is 5.73 Å². The molecule has 0 aliphatic heterocycles. The first-order valence-electron chi connectivity index (χ1n) is 5.46. The highest BCUT2D eigenvalue weighted by molar-refractivity contribution is 8.00. The zero-order valence-electron chi connectivity index (χ0n) is 10.00. The molecule has 0 aliphatic carbocycles. The van der Waals surface area contributed by atoms with Crippen LogP contribution in [0.2, 0.25) is 0 Å². The summed E-state index contributed by atoms with van der Waals surface area (Å²) in [5.41, 5.74) is 6.68. The summed E-state index contributed by atoms with van der Waals surface area (Å²) in [6.07, 6.45) is 3.97. The highest BCUT2D eigenvalue weighted by atomic mass is 32.2. The average Bonchev–Trinajstić information content (AvgIpc) is 2.80. The number of sulfone groups is 1. The highest BCUT2D eigenvalue weighted by Crippen LogP contribution is 2.26. The monoisotopic (exact) mass is 305 g/mol. The lowest BCUT2D eigenvalue weighted by Crippen LogP contribution is -2.07. The van der Waals surface area contributed by atoms with Crippen LogP contribution in [0.15, 0.2) is 16.6 Å². The maximum Gasteiger partial charge on any atom is 0.194 e. The molecule has 0 bridgehead atoms. The molecule has 0 spiro atoms. The van der Waals surface area contributed by atoms with Gasteiger partial charge in [-0.25, -0.2) is 13.4 Å². The van der Waals surface area contributed by atoms with E-state index >= 15 is 0 Å². The largest absolute Gasteiger partial charge is 0.330 e. The first-order chi connectivity index (χ1) is 8.51. The second kappa shape index (κ2) is 5.60. The Bertz CT molecular complexity index is 630. The summed E-state index contributed by atoms with van der Waals surface area (Å²) < 4.78 is 24.2. The second-order valence-electron chi connectivity index (χ2n) is 3.94. The zero-order chi connectivity index (χ0) is 13.2. The number of aromatic nitrogens is 2. The van der Waals surface area contributed by atoms with Crippen molar-refractivity contribution in [2.75, 3.05) is 24.3 Å². The highest BCUT2D eigenvalue weighted by Gasteiger charge is 2.13. The van der Waals surface area contributed by atoms with Gasteiger partial charge in [-0.1, -0.05) is 0 Å². The van der Waals surface area contributed by atoms with Crippen LogP contribution in [0.3, 0.4) is 0 Å². The van der Waals surface area contributed by atoms with E-state index < -0.39 is 9.84 Å². The standard InChI is InChI=1S/C10H15N3O2S3/c1-18(14,15)7-6-16-9-8(2-3-11)13-4-5-17-10(13)12-9/h4-5H,2-3,6-7,11H2,1H3. The molecule has 2 aromatic rings. The third kappa shape index (κ3) is 3.25. The molecule has 2 aromatic heterocycles. The minimum Gasteiger partial charge on any atom is -0.330 e.